The molecular formula is C32H60O4. The van der Waals surface area contributed by atoms with Crippen molar-refractivity contribution in [3.8, 4) is 0 Å². The molecule has 0 aromatic heterocycles. The molecule has 1 saturated carbocycles. The molecule has 4 nitrogen and oxygen atoms in total. The summed E-state index contributed by atoms with van der Waals surface area (Å²) >= 11 is 0. The summed E-state index contributed by atoms with van der Waals surface area (Å²) < 4.78 is 6.12. The Morgan fingerprint density at radius 3 is 1.56 bits per heavy atom. The Hall–Kier alpha value is -1.06. The third-order valence-corrected chi connectivity index (χ3v) is 8.51. The van der Waals surface area contributed by atoms with E-state index in [9.17, 15) is 14.7 Å². The molecule has 0 aromatic carbocycles. The van der Waals surface area contributed by atoms with E-state index in [0.717, 1.165) is 38.5 Å². The van der Waals surface area contributed by atoms with Crippen LogP contribution >= 0.6 is 0 Å². The first-order chi connectivity index (χ1) is 17.5. The second kappa shape index (κ2) is 20.9. The number of carboxylic acid groups (broad SMARTS) is 1. The van der Waals surface area contributed by atoms with E-state index in [1.807, 2.05) is 6.92 Å². The van der Waals surface area contributed by atoms with Crippen LogP contribution in [0.25, 0.3) is 0 Å². The Kier molecular flexibility index (Phi) is 19.2. The van der Waals surface area contributed by atoms with Crippen molar-refractivity contribution < 1.29 is 19.4 Å². The molecule has 1 N–H and O–H groups in total. The van der Waals surface area contributed by atoms with Crippen LogP contribution in [0.15, 0.2) is 0 Å². The summed E-state index contributed by atoms with van der Waals surface area (Å²) in [6.07, 6.45) is 28.0. The molecular weight excluding hydrogens is 448 g/mol. The minimum absolute atomic E-state index is 0.0557. The van der Waals surface area contributed by atoms with Crippen LogP contribution < -0.4 is 0 Å². The molecule has 1 aliphatic carbocycles. The topological polar surface area (TPSA) is 63.6 Å². The molecule has 0 heterocycles. The fraction of sp³-hybridized carbons (Fsp3) is 0.938. The van der Waals surface area contributed by atoms with Gasteiger partial charge in [-0.15, -0.1) is 0 Å². The van der Waals surface area contributed by atoms with Gasteiger partial charge in [0.1, 0.15) is 6.10 Å². The van der Waals surface area contributed by atoms with E-state index < -0.39 is 17.3 Å². The largest absolute Gasteiger partial charge is 0.481 e. The van der Waals surface area contributed by atoms with Gasteiger partial charge >= 0.3 is 11.9 Å². The van der Waals surface area contributed by atoms with E-state index in [1.165, 1.54) is 103 Å². The Balaban J connectivity index is 2.46. The molecule has 0 saturated heterocycles. The highest BCUT2D eigenvalue weighted by atomic mass is 16.5. The van der Waals surface area contributed by atoms with E-state index in [-0.39, 0.29) is 12.1 Å². The molecule has 36 heavy (non-hydrogen) atoms. The molecule has 1 fully saturated rings. The average molecular weight is 509 g/mol. The van der Waals surface area contributed by atoms with Gasteiger partial charge in [-0.25, -0.2) is 0 Å². The van der Waals surface area contributed by atoms with Crippen LogP contribution in [0.4, 0.5) is 0 Å². The third kappa shape index (κ3) is 14.0. The third-order valence-electron chi connectivity index (χ3n) is 8.51. The predicted octanol–water partition coefficient (Wildman–Crippen LogP) is 10.0. The maximum absolute atomic E-state index is 13.3. The summed E-state index contributed by atoms with van der Waals surface area (Å²) in [7, 11) is 0. The summed E-state index contributed by atoms with van der Waals surface area (Å²) in [5, 5.41) is 9.73. The number of unbranched alkanes of at least 4 members (excludes halogenated alkanes) is 16. The molecule has 0 amide bonds. The van der Waals surface area contributed by atoms with E-state index in [4.69, 9.17) is 4.74 Å². The zero-order valence-corrected chi connectivity index (χ0v) is 24.3. The Morgan fingerprint density at radius 1 is 0.722 bits per heavy atom. The van der Waals surface area contributed by atoms with Gasteiger partial charge in [0.2, 0.25) is 0 Å². The Labute approximate surface area is 223 Å². The molecule has 0 spiro atoms. The lowest BCUT2D eigenvalue weighted by molar-refractivity contribution is -0.174. The number of carbonyl (C=O) groups excluding carboxylic acids is 1. The number of aliphatic carboxylic acids is 1. The number of hydrogen-bond acceptors (Lipinski definition) is 3. The number of carboxylic acids is 1. The van der Waals surface area contributed by atoms with Crippen molar-refractivity contribution in [3.63, 3.8) is 0 Å². The first-order valence-electron chi connectivity index (χ1n) is 15.9. The van der Waals surface area contributed by atoms with Crippen LogP contribution in [0.1, 0.15) is 175 Å². The van der Waals surface area contributed by atoms with Gasteiger partial charge in [-0.2, -0.15) is 0 Å². The summed E-state index contributed by atoms with van der Waals surface area (Å²) in [5.41, 5.74) is -0.876. The summed E-state index contributed by atoms with van der Waals surface area (Å²) in [5.74, 6) is -1.71. The van der Waals surface area contributed by atoms with Gasteiger partial charge in [-0.1, -0.05) is 129 Å². The van der Waals surface area contributed by atoms with Crippen LogP contribution in [0.5, 0.6) is 0 Å². The van der Waals surface area contributed by atoms with Crippen LogP contribution in [0, 0.1) is 11.3 Å². The van der Waals surface area contributed by atoms with Crippen LogP contribution in [-0.4, -0.2) is 23.1 Å². The van der Waals surface area contributed by atoms with Crippen LogP contribution in [-0.2, 0) is 14.3 Å². The molecule has 0 bridgehead atoms. The first kappa shape index (κ1) is 33.0. The van der Waals surface area contributed by atoms with Crippen molar-refractivity contribution in [3.05, 3.63) is 0 Å². The summed E-state index contributed by atoms with van der Waals surface area (Å²) in [4.78, 5) is 25.1. The molecule has 212 valence electrons. The second-order valence-electron chi connectivity index (χ2n) is 11.8. The van der Waals surface area contributed by atoms with Crippen molar-refractivity contribution in [2.75, 3.05) is 0 Å². The highest BCUT2D eigenvalue weighted by Crippen LogP contribution is 2.42. The van der Waals surface area contributed by atoms with Crippen molar-refractivity contribution in [2.45, 2.75) is 181 Å². The lowest BCUT2D eigenvalue weighted by atomic mass is 9.67. The molecule has 4 heteroatoms. The fourth-order valence-electron chi connectivity index (χ4n) is 5.89. The van der Waals surface area contributed by atoms with Gasteiger partial charge in [0.05, 0.1) is 11.3 Å². The number of carbonyl (C=O) groups is 2. The van der Waals surface area contributed by atoms with E-state index in [0.29, 0.717) is 12.8 Å². The predicted molar refractivity (Wildman–Crippen MR) is 151 cm³/mol. The molecule has 1 aliphatic rings. The van der Waals surface area contributed by atoms with Gasteiger partial charge in [0.15, 0.2) is 0 Å². The number of ether oxygens (including phenoxy) is 1. The second-order valence-corrected chi connectivity index (χ2v) is 11.8. The van der Waals surface area contributed by atoms with E-state index in [2.05, 4.69) is 13.8 Å². The normalized spacial score (nSPS) is 20.1. The highest BCUT2D eigenvalue weighted by molar-refractivity contribution is 5.84. The zero-order valence-electron chi connectivity index (χ0n) is 24.3. The van der Waals surface area contributed by atoms with Gasteiger partial charge in [0.25, 0.3) is 0 Å². The fourth-order valence-corrected chi connectivity index (χ4v) is 5.89. The number of rotatable bonds is 23. The Bertz CT molecular complexity index is 538. The molecule has 2 atom stereocenters. The SMILES string of the molecule is CCCCCCCCCCCC(CCCCCCCCCCC)OC(=O)C1(C)CCCCC1C(=O)O. The van der Waals surface area contributed by atoms with Crippen molar-refractivity contribution in [2.24, 2.45) is 11.3 Å². The van der Waals surface area contributed by atoms with Crippen molar-refractivity contribution >= 4 is 11.9 Å². The highest BCUT2D eigenvalue weighted by Gasteiger charge is 2.48. The monoisotopic (exact) mass is 508 g/mol. The zero-order chi connectivity index (χ0) is 26.5. The lowest BCUT2D eigenvalue weighted by Crippen LogP contribution is -2.44. The smallest absolute Gasteiger partial charge is 0.312 e. The van der Waals surface area contributed by atoms with Gasteiger partial charge in [-0.05, 0) is 45.4 Å². The Morgan fingerprint density at radius 2 is 1.14 bits per heavy atom. The number of esters is 1. The quantitative estimate of drug-likeness (QED) is 0.110. The van der Waals surface area contributed by atoms with Crippen LogP contribution in [0.3, 0.4) is 0 Å². The van der Waals surface area contributed by atoms with Gasteiger partial charge in [0, 0.05) is 0 Å². The molecule has 0 aliphatic heterocycles. The van der Waals surface area contributed by atoms with Crippen molar-refractivity contribution in [1.29, 1.82) is 0 Å². The first-order valence-corrected chi connectivity index (χ1v) is 15.9. The van der Waals surface area contributed by atoms with Crippen molar-refractivity contribution in [1.82, 2.24) is 0 Å². The minimum Gasteiger partial charge on any atom is -0.481 e. The number of hydrogen-bond donors (Lipinski definition) is 1. The standard InChI is InChI=1S/C32H60O4/c1-4-6-8-10-12-14-16-18-20-24-28(25-21-19-17-15-13-11-9-7-5-2)36-31(35)32(3)27-23-22-26-29(32)30(33)34/h28-29H,4-27H2,1-3H3,(H,33,34). The lowest BCUT2D eigenvalue weighted by Gasteiger charge is -2.37. The average Bonchev–Trinajstić information content (AvgIpc) is 2.86. The molecule has 0 radical (unpaired) electrons. The van der Waals surface area contributed by atoms with Gasteiger partial charge < -0.3 is 9.84 Å². The summed E-state index contributed by atoms with van der Waals surface area (Å²) in [6, 6.07) is 0. The van der Waals surface area contributed by atoms with Gasteiger partial charge in [-0.3, -0.25) is 9.59 Å². The molecule has 0 aromatic rings. The maximum Gasteiger partial charge on any atom is 0.312 e. The minimum atomic E-state index is -0.876. The van der Waals surface area contributed by atoms with E-state index in [1.54, 1.807) is 0 Å². The maximum atomic E-state index is 13.3. The van der Waals surface area contributed by atoms with E-state index >= 15 is 0 Å². The van der Waals surface area contributed by atoms with Crippen LogP contribution in [0.2, 0.25) is 0 Å². The molecule has 2 unspecified atom stereocenters. The molecule has 1 rings (SSSR count). The summed E-state index contributed by atoms with van der Waals surface area (Å²) in [6.45, 7) is 6.35.